The predicted molar refractivity (Wildman–Crippen MR) is 73.1 cm³/mol. The van der Waals surface area contributed by atoms with E-state index in [1.807, 2.05) is 6.92 Å². The van der Waals surface area contributed by atoms with E-state index in [1.54, 1.807) is 12.0 Å². The van der Waals surface area contributed by atoms with E-state index in [0.717, 1.165) is 6.92 Å². The molecule has 0 aromatic heterocycles. The highest BCUT2D eigenvalue weighted by molar-refractivity contribution is 5.74. The van der Waals surface area contributed by atoms with Gasteiger partial charge in [0.1, 0.15) is 6.04 Å². The molecule has 2 atom stereocenters. The summed E-state index contributed by atoms with van der Waals surface area (Å²) in [5, 5.41) is 2.82. The second-order valence-corrected chi connectivity index (χ2v) is 5.37. The van der Waals surface area contributed by atoms with Gasteiger partial charge in [0.05, 0.1) is 0 Å². The van der Waals surface area contributed by atoms with Gasteiger partial charge in [-0.15, -0.1) is 0 Å². The number of carbonyl (C=O) groups is 1. The fraction of sp³-hybridized carbons (Fsp3) is 0.923. The first kappa shape index (κ1) is 18.0. The summed E-state index contributed by atoms with van der Waals surface area (Å²) >= 11 is 0. The number of carbonyl (C=O) groups excluding carboxylic acids is 1. The van der Waals surface area contributed by atoms with Crippen molar-refractivity contribution in [1.82, 2.24) is 15.1 Å². The Morgan fingerprint density at radius 2 is 1.81 bits per heavy atom. The van der Waals surface area contributed by atoms with Crippen LogP contribution >= 0.6 is 0 Å². The average molecular weight is 311 g/mol. The van der Waals surface area contributed by atoms with Gasteiger partial charge in [-0.1, -0.05) is 0 Å². The molecular weight excluding hydrogens is 287 g/mol. The van der Waals surface area contributed by atoms with E-state index in [1.165, 1.54) is 4.90 Å². The minimum absolute atomic E-state index is 0.0235. The maximum absolute atomic E-state index is 12.6. The molecule has 8 heteroatoms. The molecule has 0 saturated carbocycles. The number of hydrogen-bond acceptors (Lipinski definition) is 3. The highest BCUT2D eigenvalue weighted by atomic mass is 19.4. The molecule has 0 aromatic rings. The third kappa shape index (κ3) is 5.70. The number of nitrogens with one attached hydrogen (secondary N) is 1. The van der Waals surface area contributed by atoms with Crippen LogP contribution in [0.15, 0.2) is 0 Å². The average Bonchev–Trinajstić information content (AvgIpc) is 2.43. The zero-order valence-corrected chi connectivity index (χ0v) is 12.7. The molecule has 0 unspecified atom stereocenters. The number of amides is 2. The zero-order valence-electron chi connectivity index (χ0n) is 12.7. The van der Waals surface area contributed by atoms with Crippen LogP contribution < -0.4 is 5.32 Å². The van der Waals surface area contributed by atoms with Crippen molar-refractivity contribution >= 4 is 6.03 Å². The van der Waals surface area contributed by atoms with Crippen LogP contribution in [-0.4, -0.2) is 74.0 Å². The van der Waals surface area contributed by atoms with Crippen LogP contribution in [0, 0.1) is 0 Å². The minimum atomic E-state index is -4.22. The molecule has 1 rings (SSSR count). The number of urea groups is 1. The Morgan fingerprint density at radius 1 is 1.24 bits per heavy atom. The summed E-state index contributed by atoms with van der Waals surface area (Å²) in [6, 6.07) is -1.72. The summed E-state index contributed by atoms with van der Waals surface area (Å²) in [5.41, 5.74) is 0. The van der Waals surface area contributed by atoms with Gasteiger partial charge in [0.15, 0.2) is 0 Å². The van der Waals surface area contributed by atoms with Crippen LogP contribution in [0.3, 0.4) is 0 Å². The Bertz CT molecular complexity index is 331. The Hall–Kier alpha value is -1.02. The normalized spacial score (nSPS) is 20.2. The summed E-state index contributed by atoms with van der Waals surface area (Å²) in [6.45, 7) is 4.67. The fourth-order valence-electron chi connectivity index (χ4n) is 2.19. The summed E-state index contributed by atoms with van der Waals surface area (Å²) in [4.78, 5) is 14.9. The summed E-state index contributed by atoms with van der Waals surface area (Å²) in [6.07, 6.45) is -3.52. The molecular formula is C13H24F3N3O2. The van der Waals surface area contributed by atoms with E-state index in [2.05, 4.69) is 5.32 Å². The van der Waals surface area contributed by atoms with Crippen molar-refractivity contribution in [3.05, 3.63) is 0 Å². The first-order chi connectivity index (χ1) is 9.75. The minimum Gasteiger partial charge on any atom is -0.385 e. The number of halogens is 3. The molecule has 21 heavy (non-hydrogen) atoms. The second kappa shape index (κ2) is 7.84. The monoisotopic (exact) mass is 311 g/mol. The first-order valence-electron chi connectivity index (χ1n) is 7.11. The number of piperazine rings is 1. The van der Waals surface area contributed by atoms with E-state index < -0.39 is 12.2 Å². The lowest BCUT2D eigenvalue weighted by Gasteiger charge is -2.38. The SMILES string of the molecule is COCC[C@@H](C)NC(=O)N1CCN([C@@H](C)C(F)(F)F)CC1. The van der Waals surface area contributed by atoms with Gasteiger partial charge in [-0.25, -0.2) is 4.79 Å². The van der Waals surface area contributed by atoms with E-state index in [4.69, 9.17) is 4.74 Å². The molecule has 0 radical (unpaired) electrons. The van der Waals surface area contributed by atoms with Gasteiger partial charge in [-0.3, -0.25) is 4.90 Å². The smallest absolute Gasteiger partial charge is 0.385 e. The molecule has 5 nitrogen and oxygen atoms in total. The maximum Gasteiger partial charge on any atom is 0.403 e. The molecule has 1 fully saturated rings. The number of nitrogens with zero attached hydrogens (tertiary/aromatic N) is 2. The van der Waals surface area contributed by atoms with Crippen molar-refractivity contribution in [1.29, 1.82) is 0 Å². The number of hydrogen-bond donors (Lipinski definition) is 1. The topological polar surface area (TPSA) is 44.8 Å². The van der Waals surface area contributed by atoms with Gasteiger partial charge >= 0.3 is 12.2 Å². The number of methoxy groups -OCH3 is 1. The van der Waals surface area contributed by atoms with Crippen LogP contribution in [0.25, 0.3) is 0 Å². The lowest BCUT2D eigenvalue weighted by Crippen LogP contribution is -2.57. The molecule has 1 aliphatic rings. The molecule has 2 amide bonds. The summed E-state index contributed by atoms with van der Waals surface area (Å²) in [7, 11) is 1.59. The van der Waals surface area contributed by atoms with Crippen molar-refractivity contribution in [2.24, 2.45) is 0 Å². The Kier molecular flexibility index (Phi) is 6.73. The Labute approximate surface area is 123 Å². The molecule has 0 aliphatic carbocycles. The highest BCUT2D eigenvalue weighted by Gasteiger charge is 2.41. The summed E-state index contributed by atoms with van der Waals surface area (Å²) in [5.74, 6) is 0. The van der Waals surface area contributed by atoms with Crippen LogP contribution in [0.5, 0.6) is 0 Å². The van der Waals surface area contributed by atoms with Gasteiger partial charge in [0, 0.05) is 45.9 Å². The molecule has 1 heterocycles. The van der Waals surface area contributed by atoms with Gasteiger partial charge in [0.25, 0.3) is 0 Å². The van der Waals surface area contributed by atoms with Gasteiger partial charge in [-0.05, 0) is 20.3 Å². The third-order valence-corrected chi connectivity index (χ3v) is 3.75. The zero-order chi connectivity index (χ0) is 16.0. The second-order valence-electron chi connectivity index (χ2n) is 5.37. The van der Waals surface area contributed by atoms with Gasteiger partial charge in [-0.2, -0.15) is 13.2 Å². The van der Waals surface area contributed by atoms with Crippen molar-refractivity contribution < 1.29 is 22.7 Å². The molecule has 0 spiro atoms. The van der Waals surface area contributed by atoms with Crippen molar-refractivity contribution in [3.8, 4) is 0 Å². The third-order valence-electron chi connectivity index (χ3n) is 3.75. The van der Waals surface area contributed by atoms with Crippen LogP contribution in [0.2, 0.25) is 0 Å². The van der Waals surface area contributed by atoms with Gasteiger partial charge in [0.2, 0.25) is 0 Å². The standard InChI is InChI=1S/C13H24F3N3O2/c1-10(4-9-21-3)17-12(20)19-7-5-18(6-8-19)11(2)13(14,15)16/h10-11H,4-9H2,1-3H3,(H,17,20)/t10-,11+/m1/s1. The molecule has 1 saturated heterocycles. The van der Waals surface area contributed by atoms with E-state index >= 15 is 0 Å². The predicted octanol–water partition coefficient (Wildman–Crippen LogP) is 1.69. The molecule has 1 aliphatic heterocycles. The summed E-state index contributed by atoms with van der Waals surface area (Å²) < 4.78 is 42.8. The first-order valence-corrected chi connectivity index (χ1v) is 7.11. The molecule has 124 valence electrons. The van der Waals surface area contributed by atoms with Crippen molar-refractivity contribution in [3.63, 3.8) is 0 Å². The largest absolute Gasteiger partial charge is 0.403 e. The maximum atomic E-state index is 12.6. The van der Waals surface area contributed by atoms with Crippen molar-refractivity contribution in [2.45, 2.75) is 38.5 Å². The Morgan fingerprint density at radius 3 is 2.29 bits per heavy atom. The van der Waals surface area contributed by atoms with Crippen molar-refractivity contribution in [2.75, 3.05) is 39.9 Å². The van der Waals surface area contributed by atoms with Crippen LogP contribution in [0.1, 0.15) is 20.3 Å². The van der Waals surface area contributed by atoms with Crippen LogP contribution in [0.4, 0.5) is 18.0 Å². The quantitative estimate of drug-likeness (QED) is 0.840. The van der Waals surface area contributed by atoms with E-state index in [-0.39, 0.29) is 25.2 Å². The molecule has 0 aromatic carbocycles. The fourth-order valence-corrected chi connectivity index (χ4v) is 2.19. The Balaban J connectivity index is 2.37. The highest BCUT2D eigenvalue weighted by Crippen LogP contribution is 2.25. The number of rotatable bonds is 5. The van der Waals surface area contributed by atoms with E-state index in [0.29, 0.717) is 26.1 Å². The molecule has 0 bridgehead atoms. The van der Waals surface area contributed by atoms with Gasteiger partial charge < -0.3 is 15.0 Å². The lowest BCUT2D eigenvalue weighted by molar-refractivity contribution is -0.181. The van der Waals surface area contributed by atoms with E-state index in [9.17, 15) is 18.0 Å². The van der Waals surface area contributed by atoms with Crippen LogP contribution in [-0.2, 0) is 4.74 Å². The number of alkyl halides is 3. The molecule has 1 N–H and O–H groups in total. The lowest BCUT2D eigenvalue weighted by atomic mass is 10.2. The number of ether oxygens (including phenoxy) is 1.